The van der Waals surface area contributed by atoms with Gasteiger partial charge in [-0.15, -0.1) is 0 Å². The summed E-state index contributed by atoms with van der Waals surface area (Å²) in [7, 11) is 0. The number of Topliss-reactive ketones (excluding diaryl/α,β-unsaturated/α-hetero) is 1. The zero-order chi connectivity index (χ0) is 15.6. The summed E-state index contributed by atoms with van der Waals surface area (Å²) in [6.45, 7) is 6.63. The highest BCUT2D eigenvalue weighted by atomic mass is 16.2. The minimum atomic E-state index is 0.00816. The molecule has 4 aliphatic rings. The maximum atomic E-state index is 12.7. The van der Waals surface area contributed by atoms with E-state index in [1.54, 1.807) is 0 Å². The van der Waals surface area contributed by atoms with Crippen molar-refractivity contribution in [2.75, 3.05) is 0 Å². The van der Waals surface area contributed by atoms with Crippen LogP contribution in [0.3, 0.4) is 0 Å². The number of hydrogen-bond donors (Lipinski definition) is 1. The molecule has 0 radical (unpaired) electrons. The molecule has 0 aromatic carbocycles. The molecule has 1 amide bonds. The van der Waals surface area contributed by atoms with Gasteiger partial charge in [0.25, 0.3) is 5.91 Å². The maximum absolute atomic E-state index is 12.7. The number of carbonyl (C=O) groups excluding carboxylic acids is 2. The molecule has 3 nitrogen and oxygen atoms in total. The molecule has 2 unspecified atom stereocenters. The third-order valence-corrected chi connectivity index (χ3v) is 6.02. The van der Waals surface area contributed by atoms with Gasteiger partial charge in [-0.25, -0.2) is 0 Å². The molecule has 1 saturated carbocycles. The average molecular weight is 297 g/mol. The minimum absolute atomic E-state index is 0.00816. The third-order valence-electron chi connectivity index (χ3n) is 6.02. The molecule has 0 bridgehead atoms. The molecule has 1 aliphatic heterocycles. The SMILES string of the molecule is CC(C)C1CC(=O)C2=C3NC(=O)C4=C3C(C)(CC=C21)CCC4. The van der Waals surface area contributed by atoms with Gasteiger partial charge in [0.15, 0.2) is 5.78 Å². The van der Waals surface area contributed by atoms with E-state index in [1.807, 2.05) is 0 Å². The summed E-state index contributed by atoms with van der Waals surface area (Å²) in [5.41, 5.74) is 4.98. The van der Waals surface area contributed by atoms with Crippen molar-refractivity contribution in [3.8, 4) is 0 Å². The lowest BCUT2D eigenvalue weighted by atomic mass is 9.69. The van der Waals surface area contributed by atoms with Gasteiger partial charge in [-0.05, 0) is 54.1 Å². The van der Waals surface area contributed by atoms with Crippen LogP contribution in [-0.2, 0) is 9.59 Å². The smallest absolute Gasteiger partial charge is 0.251 e. The standard InChI is InChI=1S/C19H23NO2/c1-10(2)13-9-14(21)15-11(13)6-8-19(3)7-4-5-12-16(19)17(15)20-18(12)22/h6,10,13H,4-5,7-9H2,1-3H3,(H,20,22). The van der Waals surface area contributed by atoms with Crippen LogP contribution in [0.1, 0.15) is 52.9 Å². The minimum Gasteiger partial charge on any atom is -0.321 e. The molecule has 4 rings (SSSR count). The van der Waals surface area contributed by atoms with E-state index < -0.39 is 0 Å². The molecule has 1 N–H and O–H groups in total. The summed E-state index contributed by atoms with van der Waals surface area (Å²) in [5, 5.41) is 3.06. The van der Waals surface area contributed by atoms with Gasteiger partial charge in [0.05, 0.1) is 5.70 Å². The zero-order valence-electron chi connectivity index (χ0n) is 13.6. The summed E-state index contributed by atoms with van der Waals surface area (Å²) in [5.74, 6) is 1.00. The van der Waals surface area contributed by atoms with Gasteiger partial charge in [0.1, 0.15) is 0 Å². The molecule has 2 atom stereocenters. The highest BCUT2D eigenvalue weighted by Gasteiger charge is 2.48. The van der Waals surface area contributed by atoms with Crippen LogP contribution in [0.15, 0.2) is 34.1 Å². The highest BCUT2D eigenvalue weighted by Crippen LogP contribution is 2.54. The summed E-state index contributed by atoms with van der Waals surface area (Å²) in [6.07, 6.45) is 6.86. The number of carbonyl (C=O) groups is 2. The Morgan fingerprint density at radius 3 is 2.82 bits per heavy atom. The van der Waals surface area contributed by atoms with Crippen LogP contribution < -0.4 is 5.32 Å². The van der Waals surface area contributed by atoms with E-state index in [1.165, 1.54) is 5.57 Å². The third kappa shape index (κ3) is 1.68. The number of allylic oxidation sites excluding steroid dienone is 4. The normalized spacial score (nSPS) is 33.8. The van der Waals surface area contributed by atoms with Crippen molar-refractivity contribution in [3.05, 3.63) is 34.1 Å². The van der Waals surface area contributed by atoms with Crippen LogP contribution in [0.4, 0.5) is 0 Å². The van der Waals surface area contributed by atoms with Gasteiger partial charge >= 0.3 is 0 Å². The predicted molar refractivity (Wildman–Crippen MR) is 84.8 cm³/mol. The second kappa shape index (κ2) is 4.43. The Morgan fingerprint density at radius 1 is 1.32 bits per heavy atom. The van der Waals surface area contributed by atoms with Crippen molar-refractivity contribution in [1.82, 2.24) is 5.32 Å². The fourth-order valence-corrected chi connectivity index (χ4v) is 4.82. The number of amides is 1. The number of hydrogen-bond acceptors (Lipinski definition) is 2. The van der Waals surface area contributed by atoms with Crippen molar-refractivity contribution >= 4 is 11.7 Å². The van der Waals surface area contributed by atoms with Crippen LogP contribution in [0, 0.1) is 17.3 Å². The molecular weight excluding hydrogens is 274 g/mol. The van der Waals surface area contributed by atoms with Gasteiger partial charge in [-0.1, -0.05) is 26.8 Å². The number of nitrogens with one attached hydrogen (secondary N) is 1. The second-order valence-corrected chi connectivity index (χ2v) is 7.81. The first-order valence-corrected chi connectivity index (χ1v) is 8.45. The summed E-state index contributed by atoms with van der Waals surface area (Å²) < 4.78 is 0. The molecule has 0 aromatic heterocycles. The summed E-state index contributed by atoms with van der Waals surface area (Å²) in [6, 6.07) is 0. The maximum Gasteiger partial charge on any atom is 0.251 e. The van der Waals surface area contributed by atoms with Gasteiger partial charge in [-0.2, -0.15) is 0 Å². The topological polar surface area (TPSA) is 46.2 Å². The Labute approximate surface area is 131 Å². The van der Waals surface area contributed by atoms with Crippen LogP contribution in [-0.4, -0.2) is 11.7 Å². The Kier molecular flexibility index (Phi) is 2.82. The van der Waals surface area contributed by atoms with E-state index in [9.17, 15) is 9.59 Å². The lowest BCUT2D eigenvalue weighted by molar-refractivity contribution is -0.116. The Bertz CT molecular complexity index is 692. The molecule has 0 aromatic rings. The van der Waals surface area contributed by atoms with Gasteiger partial charge in [-0.3, -0.25) is 9.59 Å². The van der Waals surface area contributed by atoms with Crippen LogP contribution in [0.2, 0.25) is 0 Å². The monoisotopic (exact) mass is 297 g/mol. The molecule has 22 heavy (non-hydrogen) atoms. The first-order valence-electron chi connectivity index (χ1n) is 8.45. The quantitative estimate of drug-likeness (QED) is 0.806. The lowest BCUT2D eigenvalue weighted by Crippen LogP contribution is -2.24. The Morgan fingerprint density at radius 2 is 2.09 bits per heavy atom. The van der Waals surface area contributed by atoms with E-state index in [0.717, 1.165) is 48.1 Å². The van der Waals surface area contributed by atoms with E-state index in [0.29, 0.717) is 18.3 Å². The molecule has 0 spiro atoms. The Balaban J connectivity index is 1.97. The van der Waals surface area contributed by atoms with E-state index in [4.69, 9.17) is 0 Å². The average Bonchev–Trinajstić information content (AvgIpc) is 2.91. The highest BCUT2D eigenvalue weighted by molar-refractivity contribution is 6.09. The first kappa shape index (κ1) is 14.0. The van der Waals surface area contributed by atoms with Crippen LogP contribution in [0.5, 0.6) is 0 Å². The fourth-order valence-electron chi connectivity index (χ4n) is 4.82. The van der Waals surface area contributed by atoms with Crippen LogP contribution in [0.25, 0.3) is 0 Å². The van der Waals surface area contributed by atoms with Crippen LogP contribution >= 0.6 is 0 Å². The molecule has 1 fully saturated rings. The number of ketones is 1. The van der Waals surface area contributed by atoms with Crippen molar-refractivity contribution in [2.45, 2.75) is 52.9 Å². The molecule has 1 heterocycles. The van der Waals surface area contributed by atoms with E-state index in [-0.39, 0.29) is 17.1 Å². The predicted octanol–water partition coefficient (Wildman–Crippen LogP) is 3.43. The molecular formula is C19H23NO2. The van der Waals surface area contributed by atoms with Crippen molar-refractivity contribution < 1.29 is 9.59 Å². The summed E-state index contributed by atoms with van der Waals surface area (Å²) >= 11 is 0. The van der Waals surface area contributed by atoms with E-state index >= 15 is 0 Å². The lowest BCUT2D eigenvalue weighted by Gasteiger charge is -2.34. The Hall–Kier alpha value is -1.64. The zero-order valence-corrected chi connectivity index (χ0v) is 13.6. The fraction of sp³-hybridized carbons (Fsp3) is 0.579. The van der Waals surface area contributed by atoms with Crippen molar-refractivity contribution in [1.29, 1.82) is 0 Å². The first-order chi connectivity index (χ1) is 10.4. The van der Waals surface area contributed by atoms with E-state index in [2.05, 4.69) is 32.2 Å². The van der Waals surface area contributed by atoms with Gasteiger partial charge in [0, 0.05) is 17.6 Å². The number of fused-ring (bicyclic) bond motifs is 1. The number of rotatable bonds is 1. The largest absolute Gasteiger partial charge is 0.321 e. The second-order valence-electron chi connectivity index (χ2n) is 7.81. The summed E-state index contributed by atoms with van der Waals surface area (Å²) in [4.78, 5) is 25.1. The molecule has 3 heteroatoms. The molecule has 3 aliphatic carbocycles. The van der Waals surface area contributed by atoms with Crippen molar-refractivity contribution in [2.24, 2.45) is 17.3 Å². The van der Waals surface area contributed by atoms with Gasteiger partial charge in [0.2, 0.25) is 0 Å². The molecule has 0 saturated heterocycles. The molecule has 116 valence electrons. The van der Waals surface area contributed by atoms with Crippen molar-refractivity contribution in [3.63, 3.8) is 0 Å². The van der Waals surface area contributed by atoms with Gasteiger partial charge < -0.3 is 5.32 Å².